The summed E-state index contributed by atoms with van der Waals surface area (Å²) in [6.45, 7) is 8.81. The number of rotatable bonds is 4. The fourth-order valence-electron chi connectivity index (χ4n) is 2.35. The lowest BCUT2D eigenvalue weighted by atomic mass is 10.0. The monoisotopic (exact) mass is 200 g/mol. The largest absolute Gasteiger partial charge is 0.299 e. The summed E-state index contributed by atoms with van der Waals surface area (Å²) in [4.78, 5) is 11.8. The highest BCUT2D eigenvalue weighted by molar-refractivity contribution is 7.98. The molecule has 1 fully saturated rings. The van der Waals surface area contributed by atoms with Crippen LogP contribution in [0.4, 0.5) is 0 Å². The molecule has 0 unspecified atom stereocenters. The first-order chi connectivity index (χ1) is 5.85. The summed E-state index contributed by atoms with van der Waals surface area (Å²) >= 11 is 1.75. The van der Waals surface area contributed by atoms with Crippen LogP contribution >= 0.6 is 11.8 Å². The molecule has 2 heteroatoms. The fourth-order valence-corrected chi connectivity index (χ4v) is 2.75. The Morgan fingerprint density at radius 1 is 1.23 bits per heavy atom. The van der Waals surface area contributed by atoms with E-state index >= 15 is 0 Å². The van der Waals surface area contributed by atoms with E-state index in [1.807, 2.05) is 0 Å². The van der Waals surface area contributed by atoms with Gasteiger partial charge in [0.05, 0.1) is 0 Å². The maximum atomic E-state index is 11.8. The van der Waals surface area contributed by atoms with Crippen molar-refractivity contribution in [3.63, 3.8) is 0 Å². The van der Waals surface area contributed by atoms with E-state index in [0.717, 1.165) is 12.2 Å². The van der Waals surface area contributed by atoms with E-state index in [2.05, 4.69) is 34.0 Å². The third kappa shape index (κ3) is 1.65. The van der Waals surface area contributed by atoms with Gasteiger partial charge in [0, 0.05) is 12.3 Å². The third-order valence-corrected chi connectivity index (χ3v) is 4.51. The predicted octanol–water partition coefficient (Wildman–Crippen LogP) is 2.99. The lowest BCUT2D eigenvalue weighted by molar-refractivity contribution is -0.120. The Morgan fingerprint density at radius 2 is 1.69 bits per heavy atom. The average molecular weight is 200 g/mol. The highest BCUT2D eigenvalue weighted by Crippen LogP contribution is 2.68. The molecule has 76 valence electrons. The minimum Gasteiger partial charge on any atom is -0.299 e. The maximum absolute atomic E-state index is 11.8. The molecule has 0 amide bonds. The third-order valence-electron chi connectivity index (χ3n) is 3.90. The Bertz CT molecular complexity index is 204. The van der Waals surface area contributed by atoms with E-state index in [9.17, 15) is 4.79 Å². The van der Waals surface area contributed by atoms with Gasteiger partial charge in [-0.3, -0.25) is 4.79 Å². The van der Waals surface area contributed by atoms with E-state index in [0.29, 0.717) is 11.7 Å². The van der Waals surface area contributed by atoms with Gasteiger partial charge in [0.1, 0.15) is 5.78 Å². The number of carbonyl (C=O) groups excluding carboxylic acids is 1. The Morgan fingerprint density at radius 3 is 2.00 bits per heavy atom. The Balaban J connectivity index is 2.53. The van der Waals surface area contributed by atoms with Crippen LogP contribution in [0, 0.1) is 16.7 Å². The van der Waals surface area contributed by atoms with Crippen molar-refractivity contribution in [1.82, 2.24) is 0 Å². The van der Waals surface area contributed by atoms with Crippen molar-refractivity contribution >= 4 is 17.5 Å². The minimum absolute atomic E-state index is 0.225. The molecule has 1 aliphatic rings. The van der Waals surface area contributed by atoms with Gasteiger partial charge in [0.25, 0.3) is 0 Å². The van der Waals surface area contributed by atoms with Crippen molar-refractivity contribution in [2.45, 2.75) is 34.1 Å². The van der Waals surface area contributed by atoms with Gasteiger partial charge in [-0.15, -0.1) is 0 Å². The second kappa shape index (κ2) is 3.30. The standard InChI is InChI=1S/C11H20OS/c1-10(2)9(11(10,3)4)8(12)6-7-13-5/h9H,6-7H2,1-5H3. The molecular weight excluding hydrogens is 180 g/mol. The molecule has 0 aromatic heterocycles. The van der Waals surface area contributed by atoms with Crippen molar-refractivity contribution in [1.29, 1.82) is 0 Å². The SMILES string of the molecule is CSCCC(=O)C1C(C)(C)C1(C)C. The predicted molar refractivity (Wildman–Crippen MR) is 59.1 cm³/mol. The summed E-state index contributed by atoms with van der Waals surface area (Å²) in [6.07, 6.45) is 2.80. The van der Waals surface area contributed by atoms with Gasteiger partial charge in [-0.2, -0.15) is 11.8 Å². The molecule has 0 bridgehead atoms. The second-order valence-corrected chi connectivity index (χ2v) is 6.07. The highest BCUT2D eigenvalue weighted by atomic mass is 32.2. The zero-order valence-corrected chi connectivity index (χ0v) is 10.1. The van der Waals surface area contributed by atoms with Crippen LogP contribution in [0.15, 0.2) is 0 Å². The summed E-state index contributed by atoms with van der Waals surface area (Å²) in [5.74, 6) is 1.73. The zero-order valence-electron chi connectivity index (χ0n) is 9.31. The molecule has 0 atom stereocenters. The van der Waals surface area contributed by atoms with Crippen LogP contribution in [0.3, 0.4) is 0 Å². The van der Waals surface area contributed by atoms with Gasteiger partial charge in [0.2, 0.25) is 0 Å². The summed E-state index contributed by atoms with van der Waals surface area (Å²) in [5.41, 5.74) is 0.449. The number of Topliss-reactive ketones (excluding diaryl/α,β-unsaturated/α-hetero) is 1. The molecule has 0 heterocycles. The van der Waals surface area contributed by atoms with Crippen LogP contribution in [0.25, 0.3) is 0 Å². The van der Waals surface area contributed by atoms with E-state index in [-0.39, 0.29) is 10.8 Å². The summed E-state index contributed by atoms with van der Waals surface area (Å²) < 4.78 is 0. The second-order valence-electron chi connectivity index (χ2n) is 5.09. The van der Waals surface area contributed by atoms with Gasteiger partial charge in [-0.1, -0.05) is 27.7 Å². The Labute approximate surface area is 85.7 Å². The average Bonchev–Trinajstić information content (AvgIpc) is 2.39. The van der Waals surface area contributed by atoms with Crippen molar-refractivity contribution in [2.24, 2.45) is 16.7 Å². The smallest absolute Gasteiger partial charge is 0.137 e. The quantitative estimate of drug-likeness (QED) is 0.694. The van der Waals surface area contributed by atoms with Gasteiger partial charge in [0.15, 0.2) is 0 Å². The Kier molecular flexibility index (Phi) is 2.82. The first-order valence-electron chi connectivity index (χ1n) is 4.87. The lowest BCUT2D eigenvalue weighted by Crippen LogP contribution is -2.07. The number of carbonyl (C=O) groups is 1. The molecule has 0 saturated heterocycles. The molecule has 0 aromatic carbocycles. The summed E-state index contributed by atoms with van der Waals surface area (Å²) in [7, 11) is 0. The van der Waals surface area contributed by atoms with Crippen molar-refractivity contribution in [3.05, 3.63) is 0 Å². The van der Waals surface area contributed by atoms with Crippen LogP contribution in [0.5, 0.6) is 0 Å². The molecule has 1 nitrogen and oxygen atoms in total. The molecule has 0 aromatic rings. The molecule has 0 radical (unpaired) electrons. The number of ketones is 1. The summed E-state index contributed by atoms with van der Waals surface area (Å²) in [5, 5.41) is 0. The molecule has 0 N–H and O–H groups in total. The zero-order chi connectivity index (χ0) is 10.3. The number of thioether (sulfide) groups is 1. The van der Waals surface area contributed by atoms with Gasteiger partial charge >= 0.3 is 0 Å². The van der Waals surface area contributed by atoms with Crippen LogP contribution in [0.1, 0.15) is 34.1 Å². The number of hydrogen-bond donors (Lipinski definition) is 0. The normalized spacial score (nSPS) is 24.4. The maximum Gasteiger partial charge on any atom is 0.137 e. The molecule has 1 rings (SSSR count). The van der Waals surface area contributed by atoms with Crippen LogP contribution < -0.4 is 0 Å². The topological polar surface area (TPSA) is 17.1 Å². The summed E-state index contributed by atoms with van der Waals surface area (Å²) in [6, 6.07) is 0. The minimum atomic E-state index is 0.225. The van der Waals surface area contributed by atoms with E-state index in [4.69, 9.17) is 0 Å². The number of hydrogen-bond acceptors (Lipinski definition) is 2. The van der Waals surface area contributed by atoms with Gasteiger partial charge < -0.3 is 0 Å². The molecule has 0 aliphatic heterocycles. The lowest BCUT2D eigenvalue weighted by Gasteiger charge is -2.03. The fraction of sp³-hybridized carbons (Fsp3) is 0.909. The first-order valence-corrected chi connectivity index (χ1v) is 6.26. The molecule has 1 saturated carbocycles. The van der Waals surface area contributed by atoms with Gasteiger partial charge in [-0.25, -0.2) is 0 Å². The molecule has 1 aliphatic carbocycles. The van der Waals surface area contributed by atoms with Crippen LogP contribution in [0.2, 0.25) is 0 Å². The Hall–Kier alpha value is 0.0200. The van der Waals surface area contributed by atoms with Gasteiger partial charge in [-0.05, 0) is 22.8 Å². The van der Waals surface area contributed by atoms with Crippen LogP contribution in [-0.2, 0) is 4.79 Å². The van der Waals surface area contributed by atoms with Crippen LogP contribution in [-0.4, -0.2) is 17.8 Å². The first kappa shape index (κ1) is 11.1. The van der Waals surface area contributed by atoms with Crippen molar-refractivity contribution in [2.75, 3.05) is 12.0 Å². The molecular formula is C11H20OS. The van der Waals surface area contributed by atoms with E-state index < -0.39 is 0 Å². The van der Waals surface area contributed by atoms with Crippen molar-refractivity contribution < 1.29 is 4.79 Å². The molecule has 13 heavy (non-hydrogen) atoms. The van der Waals surface area contributed by atoms with Crippen molar-refractivity contribution in [3.8, 4) is 0 Å². The molecule has 0 spiro atoms. The highest BCUT2D eigenvalue weighted by Gasteiger charge is 2.67. The van der Waals surface area contributed by atoms with E-state index in [1.165, 1.54) is 0 Å². The van der Waals surface area contributed by atoms with E-state index in [1.54, 1.807) is 11.8 Å².